The molecule has 0 amide bonds. The van der Waals surface area contributed by atoms with Crippen molar-refractivity contribution in [2.75, 3.05) is 18.9 Å². The van der Waals surface area contributed by atoms with Crippen molar-refractivity contribution in [1.82, 2.24) is 4.98 Å². The van der Waals surface area contributed by atoms with Gasteiger partial charge in [-0.1, -0.05) is 34.8 Å². The third-order valence-electron chi connectivity index (χ3n) is 1.37. The first-order chi connectivity index (χ1) is 6.57. The zero-order chi connectivity index (χ0) is 10.7. The lowest BCUT2D eigenvalue weighted by molar-refractivity contribution is 0.197. The molecule has 0 radical (unpaired) electrons. The molecule has 0 bridgehead atoms. The maximum atomic E-state index is 8.53. The molecule has 0 spiro atoms. The van der Waals surface area contributed by atoms with E-state index in [9.17, 15) is 0 Å². The van der Waals surface area contributed by atoms with Gasteiger partial charge in [-0.2, -0.15) is 4.98 Å². The zero-order valence-corrected chi connectivity index (χ0v) is 9.20. The van der Waals surface area contributed by atoms with Crippen molar-refractivity contribution >= 4 is 40.5 Å². The quantitative estimate of drug-likeness (QED) is 0.813. The van der Waals surface area contributed by atoms with Crippen LogP contribution in [0.3, 0.4) is 0 Å². The van der Waals surface area contributed by atoms with Gasteiger partial charge < -0.3 is 15.6 Å². The van der Waals surface area contributed by atoms with E-state index in [1.807, 2.05) is 0 Å². The Labute approximate surface area is 95.5 Å². The highest BCUT2D eigenvalue weighted by Gasteiger charge is 2.14. The molecule has 0 aliphatic heterocycles. The van der Waals surface area contributed by atoms with Crippen molar-refractivity contribution in [2.45, 2.75) is 0 Å². The van der Waals surface area contributed by atoms with E-state index in [0.29, 0.717) is 0 Å². The number of nitrogens with two attached hydrogens (primary N) is 1. The summed E-state index contributed by atoms with van der Waals surface area (Å²) in [5, 5.41) is 8.72. The summed E-state index contributed by atoms with van der Waals surface area (Å²) in [6.45, 7) is -0.0950. The molecule has 7 heteroatoms. The van der Waals surface area contributed by atoms with Crippen LogP contribution in [-0.2, 0) is 0 Å². The van der Waals surface area contributed by atoms with Gasteiger partial charge in [0.05, 0.1) is 12.3 Å². The Hall–Kier alpha value is -0.420. The van der Waals surface area contributed by atoms with E-state index in [1.165, 1.54) is 0 Å². The largest absolute Gasteiger partial charge is 0.474 e. The fourth-order valence-corrected chi connectivity index (χ4v) is 1.30. The Morgan fingerprint density at radius 1 is 1.29 bits per heavy atom. The third-order valence-corrected chi connectivity index (χ3v) is 2.49. The number of nitrogen functional groups attached to an aromatic ring is 1. The van der Waals surface area contributed by atoms with E-state index >= 15 is 0 Å². The van der Waals surface area contributed by atoms with Crippen molar-refractivity contribution in [2.24, 2.45) is 0 Å². The van der Waals surface area contributed by atoms with Crippen LogP contribution in [0.5, 0.6) is 5.88 Å². The van der Waals surface area contributed by atoms with Gasteiger partial charge in [0.2, 0.25) is 5.88 Å². The van der Waals surface area contributed by atoms with Crippen LogP contribution >= 0.6 is 34.8 Å². The molecule has 0 aliphatic rings. The van der Waals surface area contributed by atoms with Crippen LogP contribution in [0, 0.1) is 0 Å². The zero-order valence-electron chi connectivity index (χ0n) is 6.93. The summed E-state index contributed by atoms with van der Waals surface area (Å²) in [4.78, 5) is 3.76. The number of aliphatic hydroxyl groups excluding tert-OH is 1. The smallest absolute Gasteiger partial charge is 0.236 e. The highest BCUT2D eigenvalue weighted by molar-refractivity contribution is 6.45. The average Bonchev–Trinajstić information content (AvgIpc) is 2.18. The van der Waals surface area contributed by atoms with Crippen LogP contribution in [-0.4, -0.2) is 23.3 Å². The standard InChI is InChI=1S/C7H7Cl3N2O2/c8-3-5(11)4(9)7(12-6(3)10)14-2-1-13/h13H,1-2H2,(H2,11,12). The predicted molar refractivity (Wildman–Crippen MR) is 56.3 cm³/mol. The van der Waals surface area contributed by atoms with E-state index in [2.05, 4.69) is 4.98 Å². The second-order valence-corrected chi connectivity index (χ2v) is 3.44. The van der Waals surface area contributed by atoms with E-state index in [0.717, 1.165) is 0 Å². The summed E-state index contributed by atoms with van der Waals surface area (Å²) in [6.07, 6.45) is 0. The molecule has 3 N–H and O–H groups in total. The lowest BCUT2D eigenvalue weighted by Gasteiger charge is -2.09. The summed E-state index contributed by atoms with van der Waals surface area (Å²) < 4.78 is 4.99. The highest BCUT2D eigenvalue weighted by atomic mass is 35.5. The Kier molecular flexibility index (Phi) is 4.07. The van der Waals surface area contributed by atoms with Gasteiger partial charge in [0.25, 0.3) is 0 Å². The van der Waals surface area contributed by atoms with Crippen LogP contribution in [0.4, 0.5) is 5.69 Å². The molecular weight excluding hydrogens is 250 g/mol. The van der Waals surface area contributed by atoms with Crippen molar-refractivity contribution in [1.29, 1.82) is 0 Å². The molecule has 1 aromatic heterocycles. The number of ether oxygens (including phenoxy) is 1. The number of hydrogen-bond acceptors (Lipinski definition) is 4. The summed E-state index contributed by atoms with van der Waals surface area (Å²) in [5.41, 5.74) is 5.64. The highest BCUT2D eigenvalue weighted by Crippen LogP contribution is 2.37. The molecule has 1 rings (SSSR count). The Morgan fingerprint density at radius 3 is 2.50 bits per heavy atom. The Bertz CT molecular complexity index is 346. The summed E-state index contributed by atoms with van der Waals surface area (Å²) in [7, 11) is 0. The molecule has 0 unspecified atom stereocenters. The van der Waals surface area contributed by atoms with Crippen LogP contribution in [0.15, 0.2) is 0 Å². The van der Waals surface area contributed by atoms with Crippen molar-refractivity contribution in [3.05, 3.63) is 15.2 Å². The first-order valence-electron chi connectivity index (χ1n) is 3.61. The third kappa shape index (κ3) is 2.33. The average molecular weight is 258 g/mol. The van der Waals surface area contributed by atoms with Crippen LogP contribution < -0.4 is 10.5 Å². The minimum atomic E-state index is -0.155. The maximum Gasteiger partial charge on any atom is 0.236 e. The molecule has 0 aliphatic carbocycles. The lowest BCUT2D eigenvalue weighted by Crippen LogP contribution is -2.05. The molecule has 4 nitrogen and oxygen atoms in total. The fraction of sp³-hybridized carbons (Fsp3) is 0.286. The molecule has 1 aromatic rings. The molecule has 0 fully saturated rings. The van der Waals surface area contributed by atoms with Crippen molar-refractivity contribution in [3.8, 4) is 5.88 Å². The van der Waals surface area contributed by atoms with E-state index in [4.69, 9.17) is 50.4 Å². The normalized spacial score (nSPS) is 10.3. The Morgan fingerprint density at radius 2 is 1.93 bits per heavy atom. The summed E-state index contributed by atoms with van der Waals surface area (Å²) in [6, 6.07) is 0. The SMILES string of the molecule is Nc1c(Cl)c(Cl)nc(OCCO)c1Cl. The van der Waals surface area contributed by atoms with Gasteiger partial charge in [0.1, 0.15) is 16.7 Å². The molecule has 1 heterocycles. The van der Waals surface area contributed by atoms with Gasteiger partial charge >= 0.3 is 0 Å². The molecule has 14 heavy (non-hydrogen) atoms. The molecule has 0 saturated heterocycles. The fourth-order valence-electron chi connectivity index (χ4n) is 0.748. The summed E-state index contributed by atoms with van der Waals surface area (Å²) in [5.74, 6) is 0.0626. The topological polar surface area (TPSA) is 68.4 Å². The maximum absolute atomic E-state index is 8.53. The second-order valence-electron chi connectivity index (χ2n) is 2.32. The number of halogens is 3. The van der Waals surface area contributed by atoms with Crippen molar-refractivity contribution < 1.29 is 9.84 Å². The van der Waals surface area contributed by atoms with Crippen LogP contribution in [0.1, 0.15) is 0 Å². The first-order valence-corrected chi connectivity index (χ1v) is 4.75. The Balaban J connectivity index is 3.06. The number of pyridine rings is 1. The molecule has 0 atom stereocenters. The number of aromatic nitrogens is 1. The number of nitrogens with zero attached hydrogens (tertiary/aromatic N) is 1. The van der Waals surface area contributed by atoms with Gasteiger partial charge in [-0.3, -0.25) is 0 Å². The lowest BCUT2D eigenvalue weighted by atomic mass is 10.4. The van der Waals surface area contributed by atoms with E-state index < -0.39 is 0 Å². The van der Waals surface area contributed by atoms with Gasteiger partial charge in [-0.05, 0) is 0 Å². The summed E-state index contributed by atoms with van der Waals surface area (Å²) >= 11 is 17.1. The number of aliphatic hydroxyl groups is 1. The number of anilines is 1. The van der Waals surface area contributed by atoms with Crippen LogP contribution in [0.2, 0.25) is 15.2 Å². The minimum absolute atomic E-state index is 0.0153. The van der Waals surface area contributed by atoms with Gasteiger partial charge in [-0.15, -0.1) is 0 Å². The number of hydrogen-bond donors (Lipinski definition) is 2. The van der Waals surface area contributed by atoms with Crippen molar-refractivity contribution in [3.63, 3.8) is 0 Å². The van der Waals surface area contributed by atoms with Gasteiger partial charge in [0, 0.05) is 0 Å². The van der Waals surface area contributed by atoms with E-state index in [-0.39, 0.29) is 40.0 Å². The van der Waals surface area contributed by atoms with Crippen LogP contribution in [0.25, 0.3) is 0 Å². The minimum Gasteiger partial charge on any atom is -0.474 e. The molecule has 78 valence electrons. The second kappa shape index (κ2) is 4.89. The van der Waals surface area contributed by atoms with Gasteiger partial charge in [0.15, 0.2) is 5.15 Å². The monoisotopic (exact) mass is 256 g/mol. The first kappa shape index (κ1) is 11.7. The van der Waals surface area contributed by atoms with Gasteiger partial charge in [-0.25, -0.2) is 0 Å². The molecule has 0 aromatic carbocycles. The van der Waals surface area contributed by atoms with E-state index in [1.54, 1.807) is 0 Å². The number of rotatable bonds is 3. The molecule has 0 saturated carbocycles. The predicted octanol–water partition coefficient (Wildman–Crippen LogP) is 2.00. The molecular formula is C7H7Cl3N2O2.